The Bertz CT molecular complexity index is 488. The van der Waals surface area contributed by atoms with Crippen molar-refractivity contribution in [3.05, 3.63) is 21.4 Å². The fourth-order valence-corrected chi connectivity index (χ4v) is 3.56. The topological polar surface area (TPSA) is 78.9 Å². The summed E-state index contributed by atoms with van der Waals surface area (Å²) in [5.41, 5.74) is 6.85. The average molecular weight is 281 g/mol. The number of nitrogens with zero attached hydrogens (tertiary/aromatic N) is 2. The lowest BCUT2D eigenvalue weighted by Crippen LogP contribution is -2.36. The lowest BCUT2D eigenvalue weighted by atomic mass is 10.1. The number of aryl methyl sites for hydroxylation is 2. The van der Waals surface area contributed by atoms with E-state index in [1.54, 1.807) is 23.3 Å². The minimum Gasteiger partial charge on any atom is -0.409 e. The Kier molecular flexibility index (Phi) is 4.09. The minimum atomic E-state index is -0.161. The molecular weight excluding hydrogens is 262 g/mol. The van der Waals surface area contributed by atoms with Gasteiger partial charge in [-0.05, 0) is 30.9 Å². The Morgan fingerprint density at radius 2 is 2.37 bits per heavy atom. The molecule has 19 heavy (non-hydrogen) atoms. The predicted octanol–water partition coefficient (Wildman–Crippen LogP) is 1.69. The molecule has 0 spiro atoms. The molecule has 2 rings (SSSR count). The summed E-state index contributed by atoms with van der Waals surface area (Å²) in [7, 11) is 1.74. The molecule has 1 aliphatic rings. The second-order valence-corrected chi connectivity index (χ2v) is 6.16. The molecule has 1 aliphatic carbocycles. The molecule has 0 saturated heterocycles. The number of amides is 1. The van der Waals surface area contributed by atoms with Gasteiger partial charge in [-0.25, -0.2) is 0 Å². The smallest absolute Gasteiger partial charge is 0.263 e. The normalized spacial score (nSPS) is 16.2. The second kappa shape index (κ2) is 5.61. The molecule has 0 aliphatic heterocycles. The van der Waals surface area contributed by atoms with Gasteiger partial charge in [0, 0.05) is 24.4 Å². The number of fused-ring (bicyclic) bond motifs is 1. The number of amidine groups is 1. The number of nitrogens with two attached hydrogens (primary N) is 1. The van der Waals surface area contributed by atoms with Crippen molar-refractivity contribution < 1.29 is 10.0 Å². The summed E-state index contributed by atoms with van der Waals surface area (Å²) in [6.07, 6.45) is 3.38. The van der Waals surface area contributed by atoms with Crippen LogP contribution in [-0.4, -0.2) is 35.4 Å². The fourth-order valence-electron chi connectivity index (χ4n) is 2.31. The lowest BCUT2D eigenvalue weighted by Gasteiger charge is -2.20. The maximum atomic E-state index is 12.3. The van der Waals surface area contributed by atoms with Crippen molar-refractivity contribution in [3.63, 3.8) is 0 Å². The van der Waals surface area contributed by atoms with Crippen molar-refractivity contribution in [3.8, 4) is 0 Å². The molecule has 1 unspecified atom stereocenters. The van der Waals surface area contributed by atoms with Crippen molar-refractivity contribution in [1.82, 2.24) is 4.90 Å². The van der Waals surface area contributed by atoms with E-state index >= 15 is 0 Å². The van der Waals surface area contributed by atoms with Crippen molar-refractivity contribution in [1.29, 1.82) is 0 Å². The summed E-state index contributed by atoms with van der Waals surface area (Å²) < 4.78 is 0. The molecule has 1 amide bonds. The van der Waals surface area contributed by atoms with Gasteiger partial charge in [-0.15, -0.1) is 11.3 Å². The Morgan fingerprint density at radius 1 is 1.63 bits per heavy atom. The molecule has 1 aromatic rings. The zero-order valence-electron chi connectivity index (χ0n) is 11.2. The maximum absolute atomic E-state index is 12.3. The summed E-state index contributed by atoms with van der Waals surface area (Å²) in [5, 5.41) is 11.6. The predicted molar refractivity (Wildman–Crippen MR) is 75.9 cm³/mol. The zero-order valence-corrected chi connectivity index (χ0v) is 12.0. The van der Waals surface area contributed by atoms with Gasteiger partial charge in [0.05, 0.1) is 4.88 Å². The summed E-state index contributed by atoms with van der Waals surface area (Å²) in [6, 6.07) is 2.01. The van der Waals surface area contributed by atoms with Crippen molar-refractivity contribution >= 4 is 23.1 Å². The largest absolute Gasteiger partial charge is 0.409 e. The first-order chi connectivity index (χ1) is 9.02. The number of oxime groups is 1. The first-order valence-electron chi connectivity index (χ1n) is 6.37. The standard InChI is InChI=1S/C13H19N3O2S/c1-8(12(14)15-18)7-16(2)13(17)11-6-9-4-3-5-10(9)19-11/h6,8,18H,3-5,7H2,1-2H3,(H2,14,15). The van der Waals surface area contributed by atoms with E-state index in [0.29, 0.717) is 6.54 Å². The zero-order chi connectivity index (χ0) is 14.0. The van der Waals surface area contributed by atoms with Gasteiger partial charge in [0.2, 0.25) is 0 Å². The van der Waals surface area contributed by atoms with E-state index in [1.165, 1.54) is 16.9 Å². The number of carbonyl (C=O) groups excluding carboxylic acids is 1. The summed E-state index contributed by atoms with van der Waals surface area (Å²) in [6.45, 7) is 2.27. The number of thiophene rings is 1. The fraction of sp³-hybridized carbons (Fsp3) is 0.538. The van der Waals surface area contributed by atoms with Crippen LogP contribution in [0.4, 0.5) is 0 Å². The van der Waals surface area contributed by atoms with Crippen LogP contribution in [0.15, 0.2) is 11.2 Å². The van der Waals surface area contributed by atoms with Gasteiger partial charge in [0.15, 0.2) is 0 Å². The third-order valence-corrected chi connectivity index (χ3v) is 4.70. The molecule has 0 radical (unpaired) electrons. The van der Waals surface area contributed by atoms with E-state index in [2.05, 4.69) is 5.16 Å². The van der Waals surface area contributed by atoms with Crippen LogP contribution >= 0.6 is 11.3 Å². The second-order valence-electron chi connectivity index (χ2n) is 5.02. The van der Waals surface area contributed by atoms with E-state index in [-0.39, 0.29) is 17.7 Å². The van der Waals surface area contributed by atoms with Crippen LogP contribution in [0, 0.1) is 5.92 Å². The number of hydrogen-bond donors (Lipinski definition) is 2. The number of rotatable bonds is 4. The molecule has 1 atom stereocenters. The number of hydrogen-bond acceptors (Lipinski definition) is 4. The first-order valence-corrected chi connectivity index (χ1v) is 7.19. The maximum Gasteiger partial charge on any atom is 0.263 e. The highest BCUT2D eigenvalue weighted by atomic mass is 32.1. The van der Waals surface area contributed by atoms with Gasteiger partial charge in [-0.1, -0.05) is 12.1 Å². The van der Waals surface area contributed by atoms with Crippen LogP contribution in [0.25, 0.3) is 0 Å². The summed E-state index contributed by atoms with van der Waals surface area (Å²) >= 11 is 1.60. The molecular formula is C13H19N3O2S. The SMILES string of the molecule is CC(CN(C)C(=O)c1cc2c(s1)CCC2)/C(N)=N/O. The minimum absolute atomic E-state index is 0.0111. The van der Waals surface area contributed by atoms with Gasteiger partial charge in [0.25, 0.3) is 5.91 Å². The third kappa shape index (κ3) is 2.89. The van der Waals surface area contributed by atoms with Crippen molar-refractivity contribution in [2.24, 2.45) is 16.8 Å². The molecule has 0 aromatic carbocycles. The number of carbonyl (C=O) groups is 1. The lowest BCUT2D eigenvalue weighted by molar-refractivity contribution is 0.0790. The Hall–Kier alpha value is -1.56. The van der Waals surface area contributed by atoms with E-state index in [9.17, 15) is 4.79 Å². The van der Waals surface area contributed by atoms with Crippen LogP contribution in [-0.2, 0) is 12.8 Å². The van der Waals surface area contributed by atoms with Gasteiger partial charge in [-0.2, -0.15) is 0 Å². The first kappa shape index (κ1) is 13.9. The molecule has 0 fully saturated rings. The van der Waals surface area contributed by atoms with Crippen LogP contribution in [0.5, 0.6) is 0 Å². The van der Waals surface area contributed by atoms with Gasteiger partial charge >= 0.3 is 0 Å². The monoisotopic (exact) mass is 281 g/mol. The highest BCUT2D eigenvalue weighted by Crippen LogP contribution is 2.31. The Labute approximate surface area is 116 Å². The molecule has 0 bridgehead atoms. The van der Waals surface area contributed by atoms with E-state index < -0.39 is 0 Å². The van der Waals surface area contributed by atoms with Gasteiger partial charge in [0.1, 0.15) is 5.84 Å². The molecule has 5 nitrogen and oxygen atoms in total. The Balaban J connectivity index is 2.02. The average Bonchev–Trinajstić information content (AvgIpc) is 2.97. The molecule has 1 aromatic heterocycles. The summed E-state index contributed by atoms with van der Waals surface area (Å²) in [5.74, 6) is -0.00364. The van der Waals surface area contributed by atoms with Crippen LogP contribution in [0.3, 0.4) is 0 Å². The van der Waals surface area contributed by atoms with E-state index in [0.717, 1.165) is 17.7 Å². The molecule has 3 N–H and O–H groups in total. The van der Waals surface area contributed by atoms with E-state index in [1.807, 2.05) is 13.0 Å². The van der Waals surface area contributed by atoms with Crippen LogP contribution < -0.4 is 5.73 Å². The molecule has 6 heteroatoms. The van der Waals surface area contributed by atoms with Gasteiger partial charge in [-0.3, -0.25) is 4.79 Å². The third-order valence-electron chi connectivity index (χ3n) is 3.47. The highest BCUT2D eigenvalue weighted by molar-refractivity contribution is 7.14. The van der Waals surface area contributed by atoms with Crippen molar-refractivity contribution in [2.75, 3.05) is 13.6 Å². The quantitative estimate of drug-likeness (QED) is 0.381. The van der Waals surface area contributed by atoms with Gasteiger partial charge < -0.3 is 15.8 Å². The van der Waals surface area contributed by atoms with Crippen LogP contribution in [0.1, 0.15) is 33.5 Å². The molecule has 104 valence electrons. The summed E-state index contributed by atoms with van der Waals surface area (Å²) in [4.78, 5) is 16.1. The van der Waals surface area contributed by atoms with Crippen LogP contribution in [0.2, 0.25) is 0 Å². The highest BCUT2D eigenvalue weighted by Gasteiger charge is 2.22. The molecule has 1 heterocycles. The van der Waals surface area contributed by atoms with E-state index in [4.69, 9.17) is 10.9 Å². The van der Waals surface area contributed by atoms with Crippen molar-refractivity contribution in [2.45, 2.75) is 26.2 Å². The molecule has 0 saturated carbocycles. The Morgan fingerprint density at radius 3 is 3.00 bits per heavy atom.